The van der Waals surface area contributed by atoms with Crippen LogP contribution in [0.5, 0.6) is 5.75 Å². The Hall–Kier alpha value is -1.89. The van der Waals surface area contributed by atoms with Gasteiger partial charge in [-0.3, -0.25) is 0 Å². The van der Waals surface area contributed by atoms with Gasteiger partial charge in [-0.25, -0.2) is 0 Å². The minimum Gasteiger partial charge on any atom is -0.507 e. The maximum absolute atomic E-state index is 10.4. The van der Waals surface area contributed by atoms with Crippen molar-refractivity contribution in [2.24, 2.45) is 0 Å². The number of nitrogens with zero attached hydrogens (tertiary/aromatic N) is 2. The minimum atomic E-state index is -0.478. The molecule has 1 unspecified atom stereocenters. The van der Waals surface area contributed by atoms with Crippen molar-refractivity contribution in [3.63, 3.8) is 0 Å². The van der Waals surface area contributed by atoms with E-state index in [2.05, 4.69) is 15.5 Å². The molecule has 24 heavy (non-hydrogen) atoms. The highest BCUT2D eigenvalue weighted by Crippen LogP contribution is 2.49. The Morgan fingerprint density at radius 3 is 2.83 bits per heavy atom. The number of hydrogen-bond donors (Lipinski definition) is 2. The quantitative estimate of drug-likeness (QED) is 0.869. The molecule has 1 fully saturated rings. The third kappa shape index (κ3) is 2.17. The molecular weight excluding hydrogens is 330 g/mol. The Morgan fingerprint density at radius 2 is 2.17 bits per heavy atom. The van der Waals surface area contributed by atoms with Crippen LogP contribution in [0.25, 0.3) is 11.3 Å². The molecular formula is C17H18ClN3O3. The molecule has 2 aliphatic heterocycles. The van der Waals surface area contributed by atoms with Crippen LogP contribution in [0.1, 0.15) is 23.1 Å². The van der Waals surface area contributed by atoms with Crippen molar-refractivity contribution in [3.05, 3.63) is 33.8 Å². The van der Waals surface area contributed by atoms with E-state index in [-0.39, 0.29) is 5.75 Å². The molecule has 6 nitrogen and oxygen atoms in total. The standard InChI is InChI=1S/C17H18ClN3O3/c1-9-5-10(18)6-12(22)13(9)15-11-7-24-17(3-4-23-8-17)14(11)16(19-2)21-20-15/h5-6,22H,3-4,7-8H2,1-2H3,(H,19,21). The summed E-state index contributed by atoms with van der Waals surface area (Å²) in [5.41, 5.74) is 3.58. The van der Waals surface area contributed by atoms with Gasteiger partial charge in [0.2, 0.25) is 0 Å². The maximum Gasteiger partial charge on any atom is 0.155 e. The lowest BCUT2D eigenvalue weighted by atomic mass is 9.89. The molecule has 126 valence electrons. The van der Waals surface area contributed by atoms with Gasteiger partial charge in [0.1, 0.15) is 17.0 Å². The number of benzene rings is 1. The van der Waals surface area contributed by atoms with E-state index in [0.717, 1.165) is 23.1 Å². The first kappa shape index (κ1) is 15.6. The fraction of sp³-hybridized carbons (Fsp3) is 0.412. The lowest BCUT2D eigenvalue weighted by molar-refractivity contribution is -0.0417. The van der Waals surface area contributed by atoms with E-state index >= 15 is 0 Å². The summed E-state index contributed by atoms with van der Waals surface area (Å²) in [5.74, 6) is 0.792. The molecule has 0 aliphatic carbocycles. The molecule has 3 heterocycles. The molecule has 4 rings (SSSR count). The van der Waals surface area contributed by atoms with Gasteiger partial charge in [-0.05, 0) is 24.6 Å². The molecule has 0 bridgehead atoms. The molecule has 2 aliphatic rings. The van der Waals surface area contributed by atoms with Crippen LogP contribution in [0.3, 0.4) is 0 Å². The van der Waals surface area contributed by atoms with E-state index < -0.39 is 5.60 Å². The molecule has 0 radical (unpaired) electrons. The second-order valence-electron chi connectivity index (χ2n) is 6.20. The number of ether oxygens (including phenoxy) is 2. The molecule has 1 spiro atoms. The number of halogens is 1. The molecule has 7 heteroatoms. The van der Waals surface area contributed by atoms with Gasteiger partial charge in [0.05, 0.1) is 13.2 Å². The first-order chi connectivity index (χ1) is 11.6. The minimum absolute atomic E-state index is 0.0947. The van der Waals surface area contributed by atoms with Crippen molar-refractivity contribution in [1.82, 2.24) is 10.2 Å². The van der Waals surface area contributed by atoms with E-state index in [9.17, 15) is 5.11 Å². The van der Waals surface area contributed by atoms with Gasteiger partial charge >= 0.3 is 0 Å². The predicted molar refractivity (Wildman–Crippen MR) is 90.3 cm³/mol. The molecule has 1 atom stereocenters. The number of anilines is 1. The van der Waals surface area contributed by atoms with Crippen LogP contribution < -0.4 is 5.32 Å². The number of aryl methyl sites for hydroxylation is 1. The van der Waals surface area contributed by atoms with Gasteiger partial charge in [0.25, 0.3) is 0 Å². The van der Waals surface area contributed by atoms with E-state index in [0.29, 0.717) is 41.9 Å². The Kier molecular flexibility index (Phi) is 3.63. The number of rotatable bonds is 2. The summed E-state index contributed by atoms with van der Waals surface area (Å²) >= 11 is 6.03. The lowest BCUT2D eigenvalue weighted by Gasteiger charge is -2.23. The van der Waals surface area contributed by atoms with Crippen LogP contribution in [0.4, 0.5) is 5.82 Å². The summed E-state index contributed by atoms with van der Waals surface area (Å²) in [4.78, 5) is 0. The monoisotopic (exact) mass is 347 g/mol. The van der Waals surface area contributed by atoms with Crippen molar-refractivity contribution >= 4 is 17.4 Å². The van der Waals surface area contributed by atoms with Crippen molar-refractivity contribution in [2.75, 3.05) is 25.6 Å². The number of aromatic nitrogens is 2. The topological polar surface area (TPSA) is 76.5 Å². The molecule has 0 saturated carbocycles. The Labute approximate surface area is 144 Å². The van der Waals surface area contributed by atoms with Crippen LogP contribution in [-0.2, 0) is 21.7 Å². The summed E-state index contributed by atoms with van der Waals surface area (Å²) in [6, 6.07) is 3.33. The number of fused-ring (bicyclic) bond motifs is 2. The summed E-state index contributed by atoms with van der Waals surface area (Å²) in [7, 11) is 1.82. The molecule has 1 aromatic carbocycles. The van der Waals surface area contributed by atoms with Crippen molar-refractivity contribution in [1.29, 1.82) is 0 Å². The van der Waals surface area contributed by atoms with Crippen molar-refractivity contribution < 1.29 is 14.6 Å². The number of hydrogen-bond acceptors (Lipinski definition) is 6. The van der Waals surface area contributed by atoms with Gasteiger partial charge in [0.15, 0.2) is 5.82 Å². The second kappa shape index (κ2) is 5.58. The van der Waals surface area contributed by atoms with E-state index in [1.165, 1.54) is 6.07 Å². The zero-order valence-electron chi connectivity index (χ0n) is 13.5. The number of aromatic hydroxyl groups is 1. The highest BCUT2D eigenvalue weighted by atomic mass is 35.5. The number of phenolic OH excluding ortho intramolecular Hbond substituents is 1. The number of phenols is 1. The first-order valence-electron chi connectivity index (χ1n) is 7.85. The normalized spacial score (nSPS) is 22.1. The Balaban J connectivity index is 1.96. The first-order valence-corrected chi connectivity index (χ1v) is 8.22. The second-order valence-corrected chi connectivity index (χ2v) is 6.64. The van der Waals surface area contributed by atoms with Crippen molar-refractivity contribution in [2.45, 2.75) is 25.6 Å². The smallest absolute Gasteiger partial charge is 0.155 e. The van der Waals surface area contributed by atoms with Gasteiger partial charge in [0, 0.05) is 41.8 Å². The van der Waals surface area contributed by atoms with E-state index in [4.69, 9.17) is 21.1 Å². The highest BCUT2D eigenvalue weighted by molar-refractivity contribution is 6.31. The summed E-state index contributed by atoms with van der Waals surface area (Å²) < 4.78 is 11.7. The largest absolute Gasteiger partial charge is 0.507 e. The molecule has 1 aromatic heterocycles. The molecule has 0 amide bonds. The lowest BCUT2D eigenvalue weighted by Crippen LogP contribution is -2.27. The SMILES string of the molecule is CNc1nnc(-c2c(C)cc(Cl)cc2O)c2c1C1(CCOC1)OC2. The highest BCUT2D eigenvalue weighted by Gasteiger charge is 2.47. The average molecular weight is 348 g/mol. The van der Waals surface area contributed by atoms with Gasteiger partial charge in [-0.15, -0.1) is 10.2 Å². The van der Waals surface area contributed by atoms with E-state index in [1.54, 1.807) is 6.07 Å². The van der Waals surface area contributed by atoms with Crippen LogP contribution in [-0.4, -0.2) is 35.6 Å². The molecule has 2 aromatic rings. The average Bonchev–Trinajstić information content (AvgIpc) is 3.16. The summed E-state index contributed by atoms with van der Waals surface area (Å²) in [6.07, 6.45) is 0.783. The fourth-order valence-electron chi connectivity index (χ4n) is 3.65. The van der Waals surface area contributed by atoms with E-state index in [1.807, 2.05) is 14.0 Å². The van der Waals surface area contributed by atoms with Gasteiger partial charge in [-0.1, -0.05) is 11.6 Å². The van der Waals surface area contributed by atoms with Crippen molar-refractivity contribution in [3.8, 4) is 17.0 Å². The van der Waals surface area contributed by atoms with Crippen LogP contribution in [0, 0.1) is 6.92 Å². The summed E-state index contributed by atoms with van der Waals surface area (Å²) in [5, 5.41) is 22.7. The van der Waals surface area contributed by atoms with Crippen LogP contribution in [0.2, 0.25) is 5.02 Å². The van der Waals surface area contributed by atoms with Crippen LogP contribution in [0.15, 0.2) is 12.1 Å². The zero-order chi connectivity index (χ0) is 16.9. The predicted octanol–water partition coefficient (Wildman–Crippen LogP) is 3.00. The molecule has 1 saturated heterocycles. The number of nitrogens with one attached hydrogen (secondary N) is 1. The third-order valence-electron chi connectivity index (χ3n) is 4.76. The van der Waals surface area contributed by atoms with Gasteiger partial charge in [-0.2, -0.15) is 0 Å². The molecule has 2 N–H and O–H groups in total. The summed E-state index contributed by atoms with van der Waals surface area (Å²) in [6.45, 7) is 3.47. The maximum atomic E-state index is 10.4. The Bertz CT molecular complexity index is 796. The Morgan fingerprint density at radius 1 is 1.33 bits per heavy atom. The third-order valence-corrected chi connectivity index (χ3v) is 4.98. The van der Waals surface area contributed by atoms with Crippen LogP contribution >= 0.6 is 11.6 Å². The zero-order valence-corrected chi connectivity index (χ0v) is 14.3. The fourth-order valence-corrected chi connectivity index (χ4v) is 3.92. The van der Waals surface area contributed by atoms with Gasteiger partial charge < -0.3 is 19.9 Å².